The molecule has 0 saturated heterocycles. The third-order valence-electron chi connectivity index (χ3n) is 2.27. The highest BCUT2D eigenvalue weighted by atomic mass is 16.3. The van der Waals surface area contributed by atoms with Crippen molar-refractivity contribution in [2.45, 2.75) is 0 Å². The van der Waals surface area contributed by atoms with Crippen molar-refractivity contribution in [3.8, 4) is 0 Å². The molecule has 0 bridgehead atoms. The topological polar surface area (TPSA) is 35.5 Å². The van der Waals surface area contributed by atoms with Crippen LogP contribution in [0.2, 0.25) is 0 Å². The van der Waals surface area contributed by atoms with E-state index in [2.05, 4.69) is 5.32 Å². The molecule has 3 heterocycles. The van der Waals surface area contributed by atoms with Crippen LogP contribution < -0.4 is 5.32 Å². The number of hydrogen-bond acceptors (Lipinski definition) is 3. The number of nitrogens with one attached hydrogen (secondary N) is 1. The minimum atomic E-state index is 0.219. The molecule has 0 aliphatic carbocycles. The molecule has 3 aliphatic rings. The highest BCUT2D eigenvalue weighted by Gasteiger charge is 2.29. The van der Waals surface area contributed by atoms with E-state index in [1.807, 2.05) is 41.4 Å². The van der Waals surface area contributed by atoms with Crippen LogP contribution in [0.25, 0.3) is 0 Å². The molecule has 0 aromatic heterocycles. The molecule has 3 nitrogen and oxygen atoms in total. The predicted octanol–water partition coefficient (Wildman–Crippen LogP) is 1.48. The second-order valence-corrected chi connectivity index (χ2v) is 3.06. The second-order valence-electron chi connectivity index (χ2n) is 3.06. The Balaban J connectivity index is 2.23. The van der Waals surface area contributed by atoms with Gasteiger partial charge in [0.2, 0.25) is 5.88 Å². The average molecular weight is 172 g/mol. The molecule has 0 unspecified atom stereocenters. The van der Waals surface area contributed by atoms with Gasteiger partial charge in [-0.1, -0.05) is 12.2 Å². The number of rotatable bonds is 0. The zero-order valence-corrected chi connectivity index (χ0v) is 6.86. The molecule has 3 rings (SSSR count). The molecule has 0 aromatic rings. The molecule has 3 heteroatoms. The van der Waals surface area contributed by atoms with Crippen LogP contribution in [0, 0.1) is 0 Å². The van der Waals surface area contributed by atoms with E-state index in [0.29, 0.717) is 0 Å². The largest absolute Gasteiger partial charge is 0.493 e. The Morgan fingerprint density at radius 2 is 2.00 bits per heavy atom. The summed E-state index contributed by atoms with van der Waals surface area (Å²) >= 11 is 0. The van der Waals surface area contributed by atoms with E-state index in [4.69, 9.17) is 0 Å². The highest BCUT2D eigenvalue weighted by Crippen LogP contribution is 2.32. The van der Waals surface area contributed by atoms with E-state index in [1.165, 1.54) is 0 Å². The maximum absolute atomic E-state index is 9.55. The maximum Gasteiger partial charge on any atom is 0.214 e. The Labute approximate surface area is 75.7 Å². The van der Waals surface area contributed by atoms with Crippen molar-refractivity contribution >= 4 is 0 Å². The quantitative estimate of drug-likeness (QED) is 0.581. The second kappa shape index (κ2) is 2.07. The third kappa shape index (κ3) is 0.731. The van der Waals surface area contributed by atoms with Crippen molar-refractivity contribution in [1.82, 2.24) is 10.2 Å². The summed E-state index contributed by atoms with van der Waals surface area (Å²) in [5.74, 6) is 1.13. The van der Waals surface area contributed by atoms with Crippen molar-refractivity contribution in [1.29, 1.82) is 0 Å². The van der Waals surface area contributed by atoms with Crippen LogP contribution >= 0.6 is 0 Å². The molecule has 64 valence electrons. The summed E-state index contributed by atoms with van der Waals surface area (Å²) in [6, 6.07) is 0. The first-order chi connectivity index (χ1) is 6.36. The Bertz CT molecular complexity index is 424. The first-order valence-corrected chi connectivity index (χ1v) is 4.13. The molecule has 0 atom stereocenters. The number of nitrogens with zero attached hydrogens (tertiary/aromatic N) is 1. The van der Waals surface area contributed by atoms with Crippen LogP contribution in [0.4, 0.5) is 0 Å². The Hall–Kier alpha value is -1.90. The van der Waals surface area contributed by atoms with Gasteiger partial charge >= 0.3 is 0 Å². The molecule has 0 amide bonds. The van der Waals surface area contributed by atoms with Gasteiger partial charge in [0.05, 0.1) is 0 Å². The van der Waals surface area contributed by atoms with Crippen LogP contribution in [0.15, 0.2) is 59.6 Å². The van der Waals surface area contributed by atoms with E-state index in [1.54, 1.807) is 0 Å². The first kappa shape index (κ1) is 6.60. The van der Waals surface area contributed by atoms with Gasteiger partial charge in [-0.05, 0) is 24.3 Å². The van der Waals surface area contributed by atoms with E-state index < -0.39 is 0 Å². The lowest BCUT2D eigenvalue weighted by molar-refractivity contribution is 0.382. The molecule has 0 fully saturated rings. The van der Waals surface area contributed by atoms with E-state index in [0.717, 1.165) is 17.2 Å². The van der Waals surface area contributed by atoms with Gasteiger partial charge < -0.3 is 10.4 Å². The normalized spacial score (nSPS) is 22.6. The average Bonchev–Trinajstić information content (AvgIpc) is 2.47. The summed E-state index contributed by atoms with van der Waals surface area (Å²) in [5, 5.41) is 12.5. The zero-order valence-electron chi connectivity index (χ0n) is 6.86. The Morgan fingerprint density at radius 1 is 1.15 bits per heavy atom. The van der Waals surface area contributed by atoms with Gasteiger partial charge in [-0.15, -0.1) is 0 Å². The SMILES string of the molecule is OC1=C2C=CC=C3C=CC=C(N1)N32. The summed E-state index contributed by atoms with van der Waals surface area (Å²) in [7, 11) is 0. The minimum absolute atomic E-state index is 0.219. The standard InChI is InChI=1S/C10H8N2O/c13-10-8-5-1-3-7-4-2-6-9(11-10)12(7)8/h1-6,11,13H. The minimum Gasteiger partial charge on any atom is -0.493 e. The predicted molar refractivity (Wildman–Crippen MR) is 49.1 cm³/mol. The molecule has 2 N–H and O–H groups in total. The molecular formula is C10H8N2O. The summed E-state index contributed by atoms with van der Waals surface area (Å²) in [6.45, 7) is 0. The number of allylic oxidation sites excluding steroid dienone is 6. The molecule has 13 heavy (non-hydrogen) atoms. The van der Waals surface area contributed by atoms with Crippen LogP contribution in [0.5, 0.6) is 0 Å². The monoisotopic (exact) mass is 172 g/mol. The van der Waals surface area contributed by atoms with Crippen LogP contribution in [-0.2, 0) is 0 Å². The van der Waals surface area contributed by atoms with Gasteiger partial charge in [-0.25, -0.2) is 0 Å². The van der Waals surface area contributed by atoms with E-state index in [9.17, 15) is 5.11 Å². The van der Waals surface area contributed by atoms with E-state index in [-0.39, 0.29) is 5.88 Å². The lowest BCUT2D eigenvalue weighted by atomic mass is 10.1. The van der Waals surface area contributed by atoms with Gasteiger partial charge in [0.15, 0.2) is 0 Å². The number of hydrogen-bond donors (Lipinski definition) is 2. The number of aliphatic hydroxyl groups excluding tert-OH is 1. The van der Waals surface area contributed by atoms with Crippen molar-refractivity contribution in [3.05, 3.63) is 59.6 Å². The number of aliphatic hydroxyl groups is 1. The van der Waals surface area contributed by atoms with Crippen molar-refractivity contribution < 1.29 is 5.11 Å². The fourth-order valence-electron chi connectivity index (χ4n) is 1.71. The smallest absolute Gasteiger partial charge is 0.214 e. The highest BCUT2D eigenvalue weighted by molar-refractivity contribution is 5.49. The molecular weight excluding hydrogens is 164 g/mol. The molecule has 3 aliphatic heterocycles. The zero-order chi connectivity index (χ0) is 8.84. The third-order valence-corrected chi connectivity index (χ3v) is 2.27. The summed E-state index contributed by atoms with van der Waals surface area (Å²) in [4.78, 5) is 1.98. The summed E-state index contributed by atoms with van der Waals surface area (Å²) < 4.78 is 0. The van der Waals surface area contributed by atoms with Crippen LogP contribution in [0.3, 0.4) is 0 Å². The Kier molecular flexibility index (Phi) is 1.05. The van der Waals surface area contributed by atoms with Crippen molar-refractivity contribution in [2.75, 3.05) is 0 Å². The summed E-state index contributed by atoms with van der Waals surface area (Å²) in [5.41, 5.74) is 1.89. The van der Waals surface area contributed by atoms with Gasteiger partial charge in [0.25, 0.3) is 0 Å². The fraction of sp³-hybridized carbons (Fsp3) is 0. The maximum atomic E-state index is 9.55. The summed E-state index contributed by atoms with van der Waals surface area (Å²) in [6.07, 6.45) is 11.7. The molecule has 0 saturated carbocycles. The lowest BCUT2D eigenvalue weighted by Gasteiger charge is -2.25. The van der Waals surface area contributed by atoms with Crippen molar-refractivity contribution in [2.24, 2.45) is 0 Å². The van der Waals surface area contributed by atoms with Crippen LogP contribution in [-0.4, -0.2) is 10.0 Å². The van der Waals surface area contributed by atoms with Crippen molar-refractivity contribution in [3.63, 3.8) is 0 Å². The van der Waals surface area contributed by atoms with Gasteiger partial charge in [0, 0.05) is 5.70 Å². The van der Waals surface area contributed by atoms with Crippen LogP contribution in [0.1, 0.15) is 0 Å². The van der Waals surface area contributed by atoms with E-state index >= 15 is 0 Å². The lowest BCUT2D eigenvalue weighted by Crippen LogP contribution is -2.22. The first-order valence-electron chi connectivity index (χ1n) is 4.13. The molecule has 0 radical (unpaired) electrons. The molecule has 0 aromatic carbocycles. The van der Waals surface area contributed by atoms with Gasteiger partial charge in [-0.2, -0.15) is 0 Å². The van der Waals surface area contributed by atoms with Gasteiger partial charge in [-0.3, -0.25) is 4.90 Å². The van der Waals surface area contributed by atoms with Gasteiger partial charge in [0.1, 0.15) is 11.5 Å². The fourth-order valence-corrected chi connectivity index (χ4v) is 1.71. The molecule has 0 spiro atoms. The Morgan fingerprint density at radius 3 is 2.92 bits per heavy atom.